The normalized spacial score (nSPS) is 14.5. The smallest absolute Gasteiger partial charge is 0.329 e. The standard InChI is InChI=1S/C12H16ClF3N2O2S/c1-7(2)10(6-17)18-21(19,20)11-4-3-8(13)5-9(11)12(14,15)16/h3-5,7,10,18H,6,17H2,1-2H3. The molecule has 1 aromatic rings. The van der Waals surface area contributed by atoms with E-state index in [1.165, 1.54) is 0 Å². The van der Waals surface area contributed by atoms with Gasteiger partial charge in [0.05, 0.1) is 10.5 Å². The second kappa shape index (κ2) is 6.51. The largest absolute Gasteiger partial charge is 0.417 e. The minimum absolute atomic E-state index is 0.0220. The van der Waals surface area contributed by atoms with Crippen molar-refractivity contribution in [1.29, 1.82) is 0 Å². The third-order valence-electron chi connectivity index (χ3n) is 2.90. The highest BCUT2D eigenvalue weighted by atomic mass is 35.5. The Morgan fingerprint density at radius 3 is 2.33 bits per heavy atom. The predicted molar refractivity (Wildman–Crippen MR) is 74.5 cm³/mol. The lowest BCUT2D eigenvalue weighted by molar-refractivity contribution is -0.139. The van der Waals surface area contributed by atoms with Crippen molar-refractivity contribution in [3.05, 3.63) is 28.8 Å². The SMILES string of the molecule is CC(C)C(CN)NS(=O)(=O)c1ccc(Cl)cc1C(F)(F)F. The summed E-state index contributed by atoms with van der Waals surface area (Å²) in [6.45, 7) is 3.41. The molecule has 0 aliphatic heterocycles. The Morgan fingerprint density at radius 1 is 1.33 bits per heavy atom. The number of halogens is 4. The fraction of sp³-hybridized carbons (Fsp3) is 0.500. The van der Waals surface area contributed by atoms with Crippen LogP contribution in [0.1, 0.15) is 19.4 Å². The predicted octanol–water partition coefficient (Wildman–Crippen LogP) is 2.62. The van der Waals surface area contributed by atoms with Crippen LogP contribution in [0.3, 0.4) is 0 Å². The zero-order chi connectivity index (χ0) is 16.4. The lowest BCUT2D eigenvalue weighted by atomic mass is 10.1. The van der Waals surface area contributed by atoms with Gasteiger partial charge in [0.1, 0.15) is 0 Å². The minimum Gasteiger partial charge on any atom is -0.329 e. The summed E-state index contributed by atoms with van der Waals surface area (Å²) in [6.07, 6.45) is -4.83. The van der Waals surface area contributed by atoms with Gasteiger partial charge in [0.15, 0.2) is 0 Å². The molecule has 1 unspecified atom stereocenters. The number of hydrogen-bond donors (Lipinski definition) is 2. The molecule has 1 rings (SSSR count). The fourth-order valence-corrected chi connectivity index (χ4v) is 3.45. The second-order valence-electron chi connectivity index (χ2n) is 4.85. The number of sulfonamides is 1. The third-order valence-corrected chi connectivity index (χ3v) is 4.68. The number of hydrogen-bond acceptors (Lipinski definition) is 3. The van der Waals surface area contributed by atoms with E-state index in [1.807, 2.05) is 0 Å². The van der Waals surface area contributed by atoms with Crippen LogP contribution >= 0.6 is 11.6 Å². The van der Waals surface area contributed by atoms with Gasteiger partial charge in [-0.2, -0.15) is 13.2 Å². The third kappa shape index (κ3) is 4.57. The van der Waals surface area contributed by atoms with Gasteiger partial charge in [-0.3, -0.25) is 0 Å². The molecule has 0 aliphatic rings. The average molecular weight is 345 g/mol. The van der Waals surface area contributed by atoms with Crippen LogP contribution < -0.4 is 10.5 Å². The Morgan fingerprint density at radius 2 is 1.90 bits per heavy atom. The zero-order valence-electron chi connectivity index (χ0n) is 11.4. The summed E-state index contributed by atoms with van der Waals surface area (Å²) in [7, 11) is -4.36. The van der Waals surface area contributed by atoms with Crippen molar-refractivity contribution < 1.29 is 21.6 Å². The Kier molecular flexibility index (Phi) is 5.65. The minimum atomic E-state index is -4.83. The molecule has 0 saturated carbocycles. The summed E-state index contributed by atoms with van der Waals surface area (Å²) < 4.78 is 65.4. The highest BCUT2D eigenvalue weighted by Gasteiger charge is 2.38. The van der Waals surface area contributed by atoms with Gasteiger partial charge in [-0.05, 0) is 24.1 Å². The molecular weight excluding hydrogens is 329 g/mol. The summed E-state index contributed by atoms with van der Waals surface area (Å²) >= 11 is 5.52. The molecule has 0 aliphatic carbocycles. The summed E-state index contributed by atoms with van der Waals surface area (Å²) in [6, 6.07) is 1.86. The van der Waals surface area contributed by atoms with Crippen LogP contribution in [-0.2, 0) is 16.2 Å². The first-order chi connectivity index (χ1) is 9.49. The van der Waals surface area contributed by atoms with Gasteiger partial charge in [-0.25, -0.2) is 13.1 Å². The molecule has 4 nitrogen and oxygen atoms in total. The van der Waals surface area contributed by atoms with Crippen molar-refractivity contribution in [2.75, 3.05) is 6.54 Å². The molecule has 0 heterocycles. The van der Waals surface area contributed by atoms with E-state index in [2.05, 4.69) is 4.72 Å². The summed E-state index contributed by atoms with van der Waals surface area (Å²) in [5, 5.41) is -0.194. The molecule has 9 heteroatoms. The van der Waals surface area contributed by atoms with Gasteiger partial charge in [0.25, 0.3) is 0 Å². The fourth-order valence-electron chi connectivity index (χ4n) is 1.68. The highest BCUT2D eigenvalue weighted by Crippen LogP contribution is 2.35. The molecule has 1 atom stereocenters. The van der Waals surface area contributed by atoms with E-state index in [0.29, 0.717) is 6.07 Å². The molecule has 120 valence electrons. The first-order valence-electron chi connectivity index (χ1n) is 6.08. The van der Waals surface area contributed by atoms with E-state index in [4.69, 9.17) is 17.3 Å². The second-order valence-corrected chi connectivity index (χ2v) is 6.96. The lowest BCUT2D eigenvalue weighted by Crippen LogP contribution is -2.44. The molecule has 3 N–H and O–H groups in total. The van der Waals surface area contributed by atoms with Gasteiger partial charge in [0.2, 0.25) is 10.0 Å². The summed E-state index contributed by atoms with van der Waals surface area (Å²) in [5.74, 6) is -0.161. The quantitative estimate of drug-likeness (QED) is 0.862. The van der Waals surface area contributed by atoms with E-state index >= 15 is 0 Å². The number of alkyl halides is 3. The summed E-state index contributed by atoms with van der Waals surface area (Å²) in [4.78, 5) is -0.862. The maximum absolute atomic E-state index is 13.0. The van der Waals surface area contributed by atoms with Gasteiger partial charge in [-0.1, -0.05) is 25.4 Å². The van der Waals surface area contributed by atoms with Crippen LogP contribution in [0.25, 0.3) is 0 Å². The maximum atomic E-state index is 13.0. The van der Waals surface area contributed by atoms with Crippen molar-refractivity contribution in [3.8, 4) is 0 Å². The van der Waals surface area contributed by atoms with Crippen LogP contribution in [0.4, 0.5) is 13.2 Å². The number of benzene rings is 1. The molecule has 0 saturated heterocycles. The maximum Gasteiger partial charge on any atom is 0.417 e. The van der Waals surface area contributed by atoms with Gasteiger partial charge in [0, 0.05) is 17.6 Å². The lowest BCUT2D eigenvalue weighted by Gasteiger charge is -2.22. The van der Waals surface area contributed by atoms with Crippen molar-refractivity contribution in [3.63, 3.8) is 0 Å². The van der Waals surface area contributed by atoms with E-state index in [0.717, 1.165) is 12.1 Å². The first-order valence-corrected chi connectivity index (χ1v) is 7.94. The van der Waals surface area contributed by atoms with Gasteiger partial charge in [-0.15, -0.1) is 0 Å². The Balaban J connectivity index is 3.32. The Bertz CT molecular complexity index is 603. The van der Waals surface area contributed by atoms with Crippen molar-refractivity contribution in [2.24, 2.45) is 11.7 Å². The Labute approximate surface area is 126 Å². The van der Waals surface area contributed by atoms with E-state index in [9.17, 15) is 21.6 Å². The summed E-state index contributed by atoms with van der Waals surface area (Å²) in [5.41, 5.74) is 4.13. The molecule has 0 spiro atoms. The van der Waals surface area contributed by atoms with E-state index in [-0.39, 0.29) is 17.5 Å². The van der Waals surface area contributed by atoms with Crippen LogP contribution in [0, 0.1) is 5.92 Å². The van der Waals surface area contributed by atoms with Gasteiger partial charge >= 0.3 is 6.18 Å². The molecule has 0 radical (unpaired) electrons. The number of nitrogens with two attached hydrogens (primary N) is 1. The van der Waals surface area contributed by atoms with Gasteiger partial charge < -0.3 is 5.73 Å². The highest BCUT2D eigenvalue weighted by molar-refractivity contribution is 7.89. The number of rotatable bonds is 5. The average Bonchev–Trinajstić information content (AvgIpc) is 2.34. The molecule has 0 fully saturated rings. The topological polar surface area (TPSA) is 72.2 Å². The van der Waals surface area contributed by atoms with Crippen LogP contribution in [0.15, 0.2) is 23.1 Å². The van der Waals surface area contributed by atoms with E-state index < -0.39 is 32.7 Å². The van der Waals surface area contributed by atoms with E-state index in [1.54, 1.807) is 13.8 Å². The molecule has 0 aromatic heterocycles. The van der Waals surface area contributed by atoms with Crippen LogP contribution in [0.2, 0.25) is 5.02 Å². The molecule has 1 aromatic carbocycles. The van der Waals surface area contributed by atoms with Crippen molar-refractivity contribution in [1.82, 2.24) is 4.72 Å². The number of nitrogens with one attached hydrogen (secondary N) is 1. The van der Waals surface area contributed by atoms with Crippen LogP contribution in [0.5, 0.6) is 0 Å². The molecule has 21 heavy (non-hydrogen) atoms. The van der Waals surface area contributed by atoms with Crippen molar-refractivity contribution >= 4 is 21.6 Å². The van der Waals surface area contributed by atoms with Crippen molar-refractivity contribution in [2.45, 2.75) is 31.0 Å². The monoisotopic (exact) mass is 344 g/mol. The first kappa shape index (κ1) is 18.2. The Hall–Kier alpha value is -0.830. The molecule has 0 bridgehead atoms. The molecular formula is C12H16ClF3N2O2S. The molecule has 0 amide bonds. The van der Waals surface area contributed by atoms with Crippen LogP contribution in [-0.4, -0.2) is 21.0 Å². The zero-order valence-corrected chi connectivity index (χ0v) is 13.0.